The molecule has 8 heteroatoms. The SMILES string of the molecule is C[C@H](OC(=O)[C@@H]1CCCN1C(=O)OC(C)(C)C)C(=O)NCc1ccc(F)cc1. The Morgan fingerprint density at radius 3 is 2.50 bits per heavy atom. The molecule has 2 amide bonds. The van der Waals surface area contributed by atoms with E-state index in [1.54, 1.807) is 32.9 Å². The van der Waals surface area contributed by atoms with E-state index in [1.165, 1.54) is 24.0 Å². The molecule has 1 aromatic carbocycles. The third-order valence-corrected chi connectivity index (χ3v) is 4.20. The van der Waals surface area contributed by atoms with Gasteiger partial charge in [0.15, 0.2) is 6.10 Å². The molecule has 1 heterocycles. The van der Waals surface area contributed by atoms with Crippen LogP contribution in [0.15, 0.2) is 24.3 Å². The molecule has 0 spiro atoms. The number of carbonyl (C=O) groups is 3. The number of nitrogens with one attached hydrogen (secondary N) is 1. The minimum Gasteiger partial charge on any atom is -0.451 e. The lowest BCUT2D eigenvalue weighted by Gasteiger charge is -2.28. The molecule has 0 bridgehead atoms. The van der Waals surface area contributed by atoms with Crippen LogP contribution in [0.25, 0.3) is 0 Å². The van der Waals surface area contributed by atoms with Crippen LogP contribution in [0.3, 0.4) is 0 Å². The van der Waals surface area contributed by atoms with Crippen LogP contribution in [0.5, 0.6) is 0 Å². The van der Waals surface area contributed by atoms with Crippen molar-refractivity contribution in [2.75, 3.05) is 6.54 Å². The maximum Gasteiger partial charge on any atom is 0.411 e. The standard InChI is InChI=1S/C20H27FN2O5/c1-13(17(24)22-12-14-7-9-15(21)10-8-14)27-18(25)16-6-5-11-23(16)19(26)28-20(2,3)4/h7-10,13,16H,5-6,11-12H2,1-4H3,(H,22,24)/t13-,16-/m0/s1. The molecular formula is C20H27FN2O5. The van der Waals surface area contributed by atoms with Gasteiger partial charge in [-0.25, -0.2) is 14.0 Å². The van der Waals surface area contributed by atoms with E-state index in [2.05, 4.69) is 5.32 Å². The van der Waals surface area contributed by atoms with Gasteiger partial charge in [-0.15, -0.1) is 0 Å². The number of hydrogen-bond donors (Lipinski definition) is 1. The van der Waals surface area contributed by atoms with Gasteiger partial charge >= 0.3 is 12.1 Å². The molecule has 0 aliphatic carbocycles. The Morgan fingerprint density at radius 2 is 1.89 bits per heavy atom. The van der Waals surface area contributed by atoms with E-state index in [0.717, 1.165) is 5.56 Å². The fourth-order valence-electron chi connectivity index (χ4n) is 2.79. The summed E-state index contributed by atoms with van der Waals surface area (Å²) in [4.78, 5) is 38.2. The van der Waals surface area contributed by atoms with Crippen LogP contribution in [-0.4, -0.2) is 47.2 Å². The summed E-state index contributed by atoms with van der Waals surface area (Å²) in [5.41, 5.74) is 0.0574. The second-order valence-electron chi connectivity index (χ2n) is 7.76. The van der Waals surface area contributed by atoms with Crippen molar-refractivity contribution in [2.24, 2.45) is 0 Å². The van der Waals surface area contributed by atoms with Gasteiger partial charge in [-0.3, -0.25) is 9.69 Å². The summed E-state index contributed by atoms with van der Waals surface area (Å²) in [7, 11) is 0. The number of esters is 1. The molecule has 7 nitrogen and oxygen atoms in total. The number of amides is 2. The molecule has 0 radical (unpaired) electrons. The third kappa shape index (κ3) is 6.21. The van der Waals surface area contributed by atoms with Gasteiger partial charge in [-0.2, -0.15) is 0 Å². The molecule has 28 heavy (non-hydrogen) atoms. The molecule has 0 saturated carbocycles. The van der Waals surface area contributed by atoms with Crippen molar-refractivity contribution < 1.29 is 28.2 Å². The molecule has 1 aromatic rings. The summed E-state index contributed by atoms with van der Waals surface area (Å²) >= 11 is 0. The largest absolute Gasteiger partial charge is 0.451 e. The number of hydrogen-bond acceptors (Lipinski definition) is 5. The maximum absolute atomic E-state index is 12.9. The van der Waals surface area contributed by atoms with Crippen LogP contribution in [-0.2, 0) is 25.6 Å². The maximum atomic E-state index is 12.9. The van der Waals surface area contributed by atoms with E-state index in [1.807, 2.05) is 0 Å². The Balaban J connectivity index is 1.87. The van der Waals surface area contributed by atoms with Crippen molar-refractivity contribution in [2.45, 2.75) is 64.8 Å². The third-order valence-electron chi connectivity index (χ3n) is 4.20. The molecule has 1 aliphatic heterocycles. The molecule has 154 valence electrons. The van der Waals surface area contributed by atoms with Crippen molar-refractivity contribution in [1.82, 2.24) is 10.2 Å². The van der Waals surface area contributed by atoms with E-state index in [0.29, 0.717) is 19.4 Å². The molecule has 1 N–H and O–H groups in total. The Morgan fingerprint density at radius 1 is 1.25 bits per heavy atom. The zero-order chi connectivity index (χ0) is 20.9. The van der Waals surface area contributed by atoms with Crippen LogP contribution in [0, 0.1) is 5.82 Å². The van der Waals surface area contributed by atoms with E-state index >= 15 is 0 Å². The van der Waals surface area contributed by atoms with Gasteiger partial charge in [-0.1, -0.05) is 12.1 Å². The minimum absolute atomic E-state index is 0.189. The number of rotatable bonds is 5. The first-order valence-corrected chi connectivity index (χ1v) is 9.29. The zero-order valence-corrected chi connectivity index (χ0v) is 16.7. The van der Waals surface area contributed by atoms with E-state index in [4.69, 9.17) is 9.47 Å². The van der Waals surface area contributed by atoms with Gasteiger partial charge in [-0.05, 0) is 58.2 Å². The van der Waals surface area contributed by atoms with Crippen LogP contribution in [0.4, 0.5) is 9.18 Å². The van der Waals surface area contributed by atoms with Crippen LogP contribution < -0.4 is 5.32 Å². The Kier molecular flexibility index (Phi) is 6.99. The first kappa shape index (κ1) is 21.7. The fourth-order valence-corrected chi connectivity index (χ4v) is 2.79. The lowest BCUT2D eigenvalue weighted by Crippen LogP contribution is -2.46. The molecule has 2 atom stereocenters. The highest BCUT2D eigenvalue weighted by Gasteiger charge is 2.38. The highest BCUT2D eigenvalue weighted by molar-refractivity contribution is 5.86. The molecule has 1 fully saturated rings. The smallest absolute Gasteiger partial charge is 0.411 e. The van der Waals surface area contributed by atoms with Crippen LogP contribution in [0.1, 0.15) is 46.1 Å². The van der Waals surface area contributed by atoms with Gasteiger partial charge in [0.25, 0.3) is 5.91 Å². The summed E-state index contributed by atoms with van der Waals surface area (Å²) in [5, 5.41) is 2.64. The number of ether oxygens (including phenoxy) is 2. The van der Waals surface area contributed by atoms with Crippen LogP contribution >= 0.6 is 0 Å². The number of likely N-dealkylation sites (tertiary alicyclic amines) is 1. The van der Waals surface area contributed by atoms with Gasteiger partial charge in [0, 0.05) is 13.1 Å². The molecule has 0 aromatic heterocycles. The quantitative estimate of drug-likeness (QED) is 0.777. The number of nitrogens with zero attached hydrogens (tertiary/aromatic N) is 1. The van der Waals surface area contributed by atoms with Gasteiger partial charge in [0.05, 0.1) is 0 Å². The Hall–Kier alpha value is -2.64. The van der Waals surface area contributed by atoms with Crippen molar-refractivity contribution >= 4 is 18.0 Å². The molecule has 0 unspecified atom stereocenters. The number of benzene rings is 1. The van der Waals surface area contributed by atoms with Crippen molar-refractivity contribution in [1.29, 1.82) is 0 Å². The van der Waals surface area contributed by atoms with E-state index in [9.17, 15) is 18.8 Å². The summed E-state index contributed by atoms with van der Waals surface area (Å²) < 4.78 is 23.5. The van der Waals surface area contributed by atoms with E-state index in [-0.39, 0.29) is 12.4 Å². The fraction of sp³-hybridized carbons (Fsp3) is 0.550. The highest BCUT2D eigenvalue weighted by atomic mass is 19.1. The predicted octanol–water partition coefficient (Wildman–Crippen LogP) is 2.77. The normalized spacial score (nSPS) is 17.8. The summed E-state index contributed by atoms with van der Waals surface area (Å²) in [6.45, 7) is 7.31. The Bertz CT molecular complexity index is 714. The average Bonchev–Trinajstić information content (AvgIpc) is 3.09. The van der Waals surface area contributed by atoms with Crippen LogP contribution in [0.2, 0.25) is 0 Å². The van der Waals surface area contributed by atoms with E-state index < -0.39 is 35.7 Å². The van der Waals surface area contributed by atoms with Gasteiger partial charge < -0.3 is 14.8 Å². The molecule has 1 saturated heterocycles. The average molecular weight is 394 g/mol. The second-order valence-corrected chi connectivity index (χ2v) is 7.76. The van der Waals surface area contributed by atoms with Crippen molar-refractivity contribution in [3.8, 4) is 0 Å². The van der Waals surface area contributed by atoms with Gasteiger partial charge in [0.1, 0.15) is 17.5 Å². The lowest BCUT2D eigenvalue weighted by molar-refractivity contribution is -0.158. The van der Waals surface area contributed by atoms with Crippen molar-refractivity contribution in [3.63, 3.8) is 0 Å². The summed E-state index contributed by atoms with van der Waals surface area (Å²) in [5.74, 6) is -1.46. The number of carbonyl (C=O) groups excluding carboxylic acids is 3. The van der Waals surface area contributed by atoms with Crippen molar-refractivity contribution in [3.05, 3.63) is 35.6 Å². The number of halogens is 1. The minimum atomic E-state index is -1.02. The zero-order valence-electron chi connectivity index (χ0n) is 16.7. The Labute approximate surface area is 164 Å². The molecule has 2 rings (SSSR count). The summed E-state index contributed by atoms with van der Waals surface area (Å²) in [6.07, 6.45) is -0.471. The highest BCUT2D eigenvalue weighted by Crippen LogP contribution is 2.22. The topological polar surface area (TPSA) is 84.9 Å². The predicted molar refractivity (Wildman–Crippen MR) is 99.8 cm³/mol. The van der Waals surface area contributed by atoms with Gasteiger partial charge in [0.2, 0.25) is 0 Å². The first-order valence-electron chi connectivity index (χ1n) is 9.29. The second kappa shape index (κ2) is 9.03. The summed E-state index contributed by atoms with van der Waals surface area (Å²) in [6, 6.07) is 4.96. The lowest BCUT2D eigenvalue weighted by atomic mass is 10.2. The molecular weight excluding hydrogens is 367 g/mol. The molecule has 1 aliphatic rings. The first-order chi connectivity index (χ1) is 13.1. The monoisotopic (exact) mass is 394 g/mol.